The number of likely N-dealkylation sites (tertiary alicyclic amines) is 1. The molecule has 2 aliphatic rings. The van der Waals surface area contributed by atoms with Gasteiger partial charge in [0.2, 0.25) is 17.5 Å². The number of carbonyl (C=O) groups is 1. The molecule has 1 amide bonds. The summed E-state index contributed by atoms with van der Waals surface area (Å²) in [5.41, 5.74) is 4.43. The first-order valence-corrected chi connectivity index (χ1v) is 20.5. The summed E-state index contributed by atoms with van der Waals surface area (Å²) < 4.78 is 40.7. The Balaban J connectivity index is 0.872. The van der Waals surface area contributed by atoms with Crippen molar-refractivity contribution in [2.75, 3.05) is 36.8 Å². The second kappa shape index (κ2) is 17.4. The van der Waals surface area contributed by atoms with Crippen LogP contribution in [-0.2, 0) is 11.8 Å². The smallest absolute Gasteiger partial charge is 0.247 e. The molecule has 4 aromatic heterocycles. The second-order valence-corrected chi connectivity index (χ2v) is 16.1. The fourth-order valence-electron chi connectivity index (χ4n) is 7.58. The zero-order valence-electron chi connectivity index (χ0n) is 33.1. The summed E-state index contributed by atoms with van der Waals surface area (Å²) in [4.78, 5) is 25.8. The molecule has 0 atom stereocenters. The van der Waals surface area contributed by atoms with Gasteiger partial charge in [-0.25, -0.2) is 13.8 Å². The third-order valence-corrected chi connectivity index (χ3v) is 11.4. The molecule has 59 heavy (non-hydrogen) atoms. The number of thioether (sulfide) groups is 1. The first-order chi connectivity index (χ1) is 28.6. The van der Waals surface area contributed by atoms with E-state index in [-0.39, 0.29) is 41.8 Å². The SMILES string of the molecule is C=CNCCC(=O)Nc1nn(C)c2c(F)c(C3CCN(CC4=CC(Sc5ccc(Nc6nc7c(OC(C)C)c(-c8cn[nH]c8)ncn7n6)c(F)c5)=CCC4)CC3)ccc12. The maximum absolute atomic E-state index is 16.0. The van der Waals surface area contributed by atoms with Gasteiger partial charge in [-0.2, -0.15) is 19.7 Å². The molecular formula is C42H46F2N12O2S. The number of aromatic nitrogens is 8. The van der Waals surface area contributed by atoms with Crippen LogP contribution in [0.4, 0.5) is 26.2 Å². The molecule has 1 aliphatic heterocycles. The predicted molar refractivity (Wildman–Crippen MR) is 226 cm³/mol. The quantitative estimate of drug-likeness (QED) is 0.0749. The summed E-state index contributed by atoms with van der Waals surface area (Å²) in [5.74, 6) is 0.212. The number of nitrogens with zero attached hydrogens (tertiary/aromatic N) is 8. The molecular weight excluding hydrogens is 775 g/mol. The summed E-state index contributed by atoms with van der Waals surface area (Å²) in [6.45, 7) is 10.4. The lowest BCUT2D eigenvalue weighted by atomic mass is 9.88. The highest BCUT2D eigenvalue weighted by Crippen LogP contribution is 2.38. The van der Waals surface area contributed by atoms with Crippen LogP contribution >= 0.6 is 11.8 Å². The number of halogens is 2. The number of aryl methyl sites for hydroxylation is 1. The molecule has 0 radical (unpaired) electrons. The van der Waals surface area contributed by atoms with Gasteiger partial charge >= 0.3 is 0 Å². The van der Waals surface area contributed by atoms with Crippen LogP contribution < -0.4 is 20.7 Å². The van der Waals surface area contributed by atoms with Gasteiger partial charge < -0.3 is 20.7 Å². The van der Waals surface area contributed by atoms with E-state index >= 15 is 8.78 Å². The Kier molecular flexibility index (Phi) is 11.7. The first-order valence-electron chi connectivity index (χ1n) is 19.7. The lowest BCUT2D eigenvalue weighted by Crippen LogP contribution is -2.34. The molecule has 1 fully saturated rings. The average molecular weight is 821 g/mol. The van der Waals surface area contributed by atoms with E-state index in [1.165, 1.54) is 38.8 Å². The number of nitrogens with one attached hydrogen (secondary N) is 4. The number of benzene rings is 2. The number of hydrogen-bond acceptors (Lipinski definition) is 11. The molecule has 8 rings (SSSR count). The van der Waals surface area contributed by atoms with Gasteiger partial charge in [0.1, 0.15) is 23.4 Å². The first kappa shape index (κ1) is 39.7. The van der Waals surface area contributed by atoms with E-state index in [1.807, 2.05) is 32.0 Å². The standard InChI is InChI=1S/C42H46F2N12O2S/c1-5-45-16-13-35(57)50-40-32-11-10-31(36(44)38(32)54(4)52-40)27-14-17-55(18-15-27)23-26-7-6-8-29(19-26)59-30-9-12-34(33(43)20-30)49-42-51-41-39(58-25(2)3)37(28-21-47-48-22-28)46-24-56(41)53-42/h5,8-12,19-22,24-25,27,45H,1,6-7,13-18,23H2,2-4H3,(H,47,48)(H,49,53)(H,50,52,57). The van der Waals surface area contributed by atoms with Crippen LogP contribution in [0.5, 0.6) is 5.75 Å². The molecule has 5 heterocycles. The summed E-state index contributed by atoms with van der Waals surface area (Å²) >= 11 is 1.53. The minimum absolute atomic E-state index is 0.0876. The van der Waals surface area contributed by atoms with Crippen molar-refractivity contribution in [2.45, 2.75) is 62.9 Å². The number of anilines is 3. The summed E-state index contributed by atoms with van der Waals surface area (Å²) in [5, 5.41) is 25.0. The van der Waals surface area contributed by atoms with Crippen LogP contribution in [0.25, 0.3) is 27.8 Å². The Bertz CT molecular complexity index is 2560. The van der Waals surface area contributed by atoms with Crippen LogP contribution in [0.3, 0.4) is 0 Å². The number of ether oxygens (including phenoxy) is 1. The summed E-state index contributed by atoms with van der Waals surface area (Å²) in [6, 6.07) is 8.81. The van der Waals surface area contributed by atoms with Crippen molar-refractivity contribution in [3.63, 3.8) is 0 Å². The van der Waals surface area contributed by atoms with E-state index in [2.05, 4.69) is 69.9 Å². The fraction of sp³-hybridized carbons (Fsp3) is 0.333. The summed E-state index contributed by atoms with van der Waals surface area (Å²) in [7, 11) is 1.70. The molecule has 306 valence electrons. The van der Waals surface area contributed by atoms with Gasteiger partial charge in [0.05, 0.1) is 18.0 Å². The van der Waals surface area contributed by atoms with Gasteiger partial charge in [-0.05, 0) is 101 Å². The molecule has 1 aliphatic carbocycles. The highest BCUT2D eigenvalue weighted by Gasteiger charge is 2.27. The normalized spacial score (nSPS) is 15.1. The minimum atomic E-state index is -0.424. The zero-order valence-corrected chi connectivity index (χ0v) is 34.0. The molecule has 0 saturated carbocycles. The third-order valence-electron chi connectivity index (χ3n) is 10.4. The number of amides is 1. The highest BCUT2D eigenvalue weighted by atomic mass is 32.2. The average Bonchev–Trinajstić information content (AvgIpc) is 3.97. The largest absolute Gasteiger partial charge is 0.485 e. The van der Waals surface area contributed by atoms with E-state index < -0.39 is 5.82 Å². The van der Waals surface area contributed by atoms with Crippen LogP contribution in [0.1, 0.15) is 57.4 Å². The fourth-order valence-corrected chi connectivity index (χ4v) is 8.58. The van der Waals surface area contributed by atoms with E-state index in [9.17, 15) is 4.79 Å². The van der Waals surface area contributed by atoms with Crippen molar-refractivity contribution in [1.82, 2.24) is 49.8 Å². The number of allylic oxidation sites excluding steroid dienone is 2. The highest BCUT2D eigenvalue weighted by molar-refractivity contribution is 8.03. The number of piperidine rings is 1. The van der Waals surface area contributed by atoms with Crippen LogP contribution in [0.2, 0.25) is 0 Å². The van der Waals surface area contributed by atoms with Gasteiger partial charge in [-0.1, -0.05) is 36.1 Å². The Hall–Kier alpha value is -6.07. The number of fused-ring (bicyclic) bond motifs is 2. The molecule has 17 heteroatoms. The van der Waals surface area contributed by atoms with Crippen molar-refractivity contribution >= 4 is 51.7 Å². The minimum Gasteiger partial charge on any atom is -0.485 e. The van der Waals surface area contributed by atoms with Crippen molar-refractivity contribution in [3.05, 3.63) is 102 Å². The second-order valence-electron chi connectivity index (χ2n) is 14.9. The molecule has 6 aromatic rings. The molecule has 0 unspecified atom stereocenters. The Morgan fingerprint density at radius 2 is 2.02 bits per heavy atom. The zero-order chi connectivity index (χ0) is 41.0. The molecule has 0 bridgehead atoms. The number of H-pyrrole nitrogens is 1. The molecule has 1 saturated heterocycles. The molecule has 14 nitrogen and oxygen atoms in total. The molecule has 0 spiro atoms. The Morgan fingerprint density at radius 1 is 1.17 bits per heavy atom. The van der Waals surface area contributed by atoms with E-state index in [4.69, 9.17) is 4.74 Å². The van der Waals surface area contributed by atoms with E-state index in [0.717, 1.165) is 60.7 Å². The lowest BCUT2D eigenvalue weighted by Gasteiger charge is -2.33. The summed E-state index contributed by atoms with van der Waals surface area (Å²) in [6.07, 6.45) is 14.5. The van der Waals surface area contributed by atoms with Gasteiger partial charge in [0, 0.05) is 53.5 Å². The van der Waals surface area contributed by atoms with Gasteiger partial charge in [-0.15, -0.1) is 5.10 Å². The maximum atomic E-state index is 16.0. The predicted octanol–water partition coefficient (Wildman–Crippen LogP) is 7.85. The maximum Gasteiger partial charge on any atom is 0.247 e. The van der Waals surface area contributed by atoms with Crippen molar-refractivity contribution in [3.8, 4) is 17.0 Å². The van der Waals surface area contributed by atoms with Crippen molar-refractivity contribution in [2.24, 2.45) is 7.05 Å². The molecule has 2 aromatic carbocycles. The van der Waals surface area contributed by atoms with Gasteiger partial charge in [0.15, 0.2) is 17.4 Å². The molecule has 4 N–H and O–H groups in total. The third kappa shape index (κ3) is 8.85. The Morgan fingerprint density at radius 3 is 2.78 bits per heavy atom. The lowest BCUT2D eigenvalue weighted by molar-refractivity contribution is -0.116. The number of rotatable bonds is 15. The van der Waals surface area contributed by atoms with Crippen LogP contribution in [0.15, 0.2) is 89.4 Å². The number of hydrogen-bond donors (Lipinski definition) is 4. The van der Waals surface area contributed by atoms with Gasteiger partial charge in [0.25, 0.3) is 0 Å². The number of carbonyl (C=O) groups excluding carboxylic acids is 1. The monoisotopic (exact) mass is 820 g/mol. The van der Waals surface area contributed by atoms with Gasteiger partial charge in [-0.3, -0.25) is 19.5 Å². The van der Waals surface area contributed by atoms with E-state index in [1.54, 1.807) is 31.8 Å². The Labute approximate surface area is 344 Å². The van der Waals surface area contributed by atoms with Crippen molar-refractivity contribution < 1.29 is 18.3 Å². The number of aromatic amines is 1. The van der Waals surface area contributed by atoms with Crippen LogP contribution in [-0.4, -0.2) is 82.6 Å². The van der Waals surface area contributed by atoms with E-state index in [0.29, 0.717) is 45.9 Å². The van der Waals surface area contributed by atoms with Crippen molar-refractivity contribution in [1.29, 1.82) is 0 Å². The van der Waals surface area contributed by atoms with Crippen LogP contribution in [0, 0.1) is 11.6 Å². The topological polar surface area (TPSA) is 155 Å².